The van der Waals surface area contributed by atoms with Crippen molar-refractivity contribution in [2.45, 2.75) is 47.1 Å². The van der Waals surface area contributed by atoms with Gasteiger partial charge in [-0.1, -0.05) is 27.7 Å². The van der Waals surface area contributed by atoms with Crippen LogP contribution in [-0.4, -0.2) is 25.1 Å². The van der Waals surface area contributed by atoms with Gasteiger partial charge >= 0.3 is 0 Å². The first-order valence-electron chi connectivity index (χ1n) is 6.88. The summed E-state index contributed by atoms with van der Waals surface area (Å²) in [7, 11) is 2.00. The van der Waals surface area contributed by atoms with Gasteiger partial charge in [-0.3, -0.25) is 0 Å². The van der Waals surface area contributed by atoms with Crippen molar-refractivity contribution in [3.05, 3.63) is 10.6 Å². The molecule has 0 unspecified atom stereocenters. The van der Waals surface area contributed by atoms with E-state index in [1.807, 2.05) is 18.4 Å². The van der Waals surface area contributed by atoms with E-state index in [1.54, 1.807) is 0 Å². The Morgan fingerprint density at radius 1 is 1.28 bits per heavy atom. The molecule has 0 aliphatic rings. The summed E-state index contributed by atoms with van der Waals surface area (Å²) in [6, 6.07) is 0. The molecule has 18 heavy (non-hydrogen) atoms. The molecule has 0 amide bonds. The van der Waals surface area contributed by atoms with Gasteiger partial charge in [-0.2, -0.15) is 0 Å². The highest BCUT2D eigenvalue weighted by molar-refractivity contribution is 7.15. The van der Waals surface area contributed by atoms with Crippen molar-refractivity contribution in [1.29, 1.82) is 0 Å². The Morgan fingerprint density at radius 2 is 1.94 bits per heavy atom. The molecule has 0 atom stereocenters. The summed E-state index contributed by atoms with van der Waals surface area (Å²) in [5.74, 6) is 1.17. The number of hydrogen-bond donors (Lipinski definition) is 1. The number of aromatic nitrogens is 1. The summed E-state index contributed by atoms with van der Waals surface area (Å²) in [5, 5.41) is 4.42. The quantitative estimate of drug-likeness (QED) is 0.821. The first-order valence-corrected chi connectivity index (χ1v) is 7.70. The maximum absolute atomic E-state index is 4.86. The Kier molecular flexibility index (Phi) is 6.09. The van der Waals surface area contributed by atoms with Gasteiger partial charge in [0.2, 0.25) is 0 Å². The molecule has 1 heterocycles. The summed E-state index contributed by atoms with van der Waals surface area (Å²) in [5.41, 5.74) is 1.26. The second-order valence-electron chi connectivity index (χ2n) is 5.42. The van der Waals surface area contributed by atoms with Gasteiger partial charge in [0.05, 0.1) is 5.69 Å². The van der Waals surface area contributed by atoms with Gasteiger partial charge in [-0.05, 0) is 25.8 Å². The zero-order chi connectivity index (χ0) is 13.7. The third kappa shape index (κ3) is 3.95. The molecule has 3 nitrogen and oxygen atoms in total. The van der Waals surface area contributed by atoms with Gasteiger partial charge in [0.25, 0.3) is 0 Å². The predicted octanol–water partition coefficient (Wildman–Crippen LogP) is 3.47. The normalized spacial score (nSPS) is 11.6. The van der Waals surface area contributed by atoms with E-state index >= 15 is 0 Å². The van der Waals surface area contributed by atoms with Gasteiger partial charge in [-0.25, -0.2) is 4.98 Å². The van der Waals surface area contributed by atoms with Crippen LogP contribution >= 0.6 is 11.3 Å². The molecule has 4 heteroatoms. The minimum atomic E-state index is 0.496. The summed E-state index contributed by atoms with van der Waals surface area (Å²) in [6.07, 6.45) is 0. The third-order valence-electron chi connectivity index (χ3n) is 2.84. The Hall–Kier alpha value is -0.610. The highest BCUT2D eigenvalue weighted by Gasteiger charge is 2.17. The summed E-state index contributed by atoms with van der Waals surface area (Å²) in [4.78, 5) is 8.63. The lowest BCUT2D eigenvalue weighted by molar-refractivity contribution is 0.616. The van der Waals surface area contributed by atoms with E-state index in [2.05, 4.69) is 44.8 Å². The lowest BCUT2D eigenvalue weighted by Crippen LogP contribution is -2.27. The number of rotatable bonds is 7. The molecular formula is C14H27N3S. The SMILES string of the molecule is CCN(CC(C)C)c1nc(C(C)C)c(CNC)s1. The van der Waals surface area contributed by atoms with E-state index < -0.39 is 0 Å². The van der Waals surface area contributed by atoms with Crippen LogP contribution in [0.1, 0.15) is 51.1 Å². The van der Waals surface area contributed by atoms with Crippen molar-refractivity contribution in [2.75, 3.05) is 25.0 Å². The lowest BCUT2D eigenvalue weighted by Gasteiger charge is -2.21. The second-order valence-corrected chi connectivity index (χ2v) is 6.48. The van der Waals surface area contributed by atoms with Crippen molar-refractivity contribution in [2.24, 2.45) is 5.92 Å². The van der Waals surface area contributed by atoms with Crippen molar-refractivity contribution in [3.63, 3.8) is 0 Å². The van der Waals surface area contributed by atoms with Crippen LogP contribution in [0.25, 0.3) is 0 Å². The minimum Gasteiger partial charge on any atom is -0.348 e. The van der Waals surface area contributed by atoms with Crippen LogP contribution in [-0.2, 0) is 6.54 Å². The minimum absolute atomic E-state index is 0.496. The van der Waals surface area contributed by atoms with E-state index in [4.69, 9.17) is 4.98 Å². The average molecular weight is 269 g/mol. The van der Waals surface area contributed by atoms with E-state index in [0.29, 0.717) is 11.8 Å². The Bertz CT molecular complexity index is 358. The third-order valence-corrected chi connectivity index (χ3v) is 3.97. The number of thiazole rings is 1. The summed E-state index contributed by atoms with van der Waals surface area (Å²) < 4.78 is 0. The summed E-state index contributed by atoms with van der Waals surface area (Å²) in [6.45, 7) is 14.2. The molecule has 1 N–H and O–H groups in total. The van der Waals surface area contributed by atoms with Crippen molar-refractivity contribution in [3.8, 4) is 0 Å². The smallest absolute Gasteiger partial charge is 0.185 e. The van der Waals surface area contributed by atoms with Crippen LogP contribution < -0.4 is 10.2 Å². The highest BCUT2D eigenvalue weighted by Crippen LogP contribution is 2.31. The van der Waals surface area contributed by atoms with Crippen LogP contribution in [0.4, 0.5) is 5.13 Å². The van der Waals surface area contributed by atoms with Crippen LogP contribution in [0.3, 0.4) is 0 Å². The Labute approximate surface area is 116 Å². The maximum atomic E-state index is 4.86. The van der Waals surface area contributed by atoms with Gasteiger partial charge in [0.1, 0.15) is 0 Å². The zero-order valence-electron chi connectivity index (χ0n) is 12.6. The number of nitrogens with one attached hydrogen (secondary N) is 1. The van der Waals surface area contributed by atoms with Gasteiger partial charge in [-0.15, -0.1) is 11.3 Å². The molecule has 1 rings (SSSR count). The first-order chi connectivity index (χ1) is 8.49. The lowest BCUT2D eigenvalue weighted by atomic mass is 10.1. The molecule has 0 aliphatic carbocycles. The van der Waals surface area contributed by atoms with E-state index in [1.165, 1.54) is 15.7 Å². The highest BCUT2D eigenvalue weighted by atomic mass is 32.1. The Balaban J connectivity index is 2.97. The standard InChI is InChI=1S/C14H27N3S/c1-7-17(9-10(2)3)14-16-13(11(4)5)12(18-14)8-15-6/h10-11,15H,7-9H2,1-6H3. The van der Waals surface area contributed by atoms with Crippen LogP contribution in [0, 0.1) is 5.92 Å². The second kappa shape index (κ2) is 7.10. The molecule has 1 aromatic heterocycles. The fourth-order valence-corrected chi connectivity index (χ4v) is 3.31. The largest absolute Gasteiger partial charge is 0.348 e. The van der Waals surface area contributed by atoms with Crippen LogP contribution in [0.15, 0.2) is 0 Å². The maximum Gasteiger partial charge on any atom is 0.185 e. The van der Waals surface area contributed by atoms with Crippen LogP contribution in [0.5, 0.6) is 0 Å². The predicted molar refractivity (Wildman–Crippen MR) is 81.7 cm³/mol. The molecule has 104 valence electrons. The van der Waals surface area contributed by atoms with E-state index in [9.17, 15) is 0 Å². The summed E-state index contributed by atoms with van der Waals surface area (Å²) >= 11 is 1.84. The molecule has 0 bridgehead atoms. The molecule has 0 aliphatic heterocycles. The molecule has 1 aromatic rings. The Morgan fingerprint density at radius 3 is 2.39 bits per heavy atom. The first kappa shape index (κ1) is 15.4. The fraction of sp³-hybridized carbons (Fsp3) is 0.786. The molecule has 0 saturated heterocycles. The molecule has 0 fully saturated rings. The molecule has 0 saturated carbocycles. The number of hydrogen-bond acceptors (Lipinski definition) is 4. The van der Waals surface area contributed by atoms with Gasteiger partial charge < -0.3 is 10.2 Å². The number of nitrogens with zero attached hydrogens (tertiary/aromatic N) is 2. The zero-order valence-corrected chi connectivity index (χ0v) is 13.4. The van der Waals surface area contributed by atoms with Crippen molar-refractivity contribution in [1.82, 2.24) is 10.3 Å². The van der Waals surface area contributed by atoms with Crippen molar-refractivity contribution >= 4 is 16.5 Å². The van der Waals surface area contributed by atoms with Crippen LogP contribution in [0.2, 0.25) is 0 Å². The number of anilines is 1. The molecule has 0 spiro atoms. The molecule has 0 aromatic carbocycles. The van der Waals surface area contributed by atoms with E-state index in [-0.39, 0.29) is 0 Å². The molecule has 0 radical (unpaired) electrons. The van der Waals surface area contributed by atoms with Gasteiger partial charge in [0.15, 0.2) is 5.13 Å². The topological polar surface area (TPSA) is 28.2 Å². The monoisotopic (exact) mass is 269 g/mol. The van der Waals surface area contributed by atoms with Gasteiger partial charge in [0, 0.05) is 24.5 Å². The average Bonchev–Trinajstić information content (AvgIpc) is 2.70. The molecular weight excluding hydrogens is 242 g/mol. The van der Waals surface area contributed by atoms with Crippen molar-refractivity contribution < 1.29 is 0 Å². The van der Waals surface area contributed by atoms with E-state index in [0.717, 1.165) is 19.6 Å². The fourth-order valence-electron chi connectivity index (χ4n) is 2.01.